The van der Waals surface area contributed by atoms with Crippen molar-refractivity contribution in [1.29, 1.82) is 0 Å². The molecule has 4 aromatic rings. The summed E-state index contributed by atoms with van der Waals surface area (Å²) >= 11 is 0. The van der Waals surface area contributed by atoms with Crippen LogP contribution in [0.3, 0.4) is 0 Å². The highest BCUT2D eigenvalue weighted by atomic mass is 16.5. The van der Waals surface area contributed by atoms with Gasteiger partial charge in [-0.25, -0.2) is 9.97 Å². The van der Waals surface area contributed by atoms with Crippen molar-refractivity contribution in [2.24, 2.45) is 0 Å². The van der Waals surface area contributed by atoms with E-state index in [1.54, 1.807) is 48.5 Å². The minimum atomic E-state index is -1.48. The molecule has 5 fully saturated rings. The molecular weight excluding hydrogens is 1090 g/mol. The molecule has 84 heavy (non-hydrogen) atoms. The maximum absolute atomic E-state index is 14.7. The number of nitrogens with zero attached hydrogens (tertiary/aromatic N) is 6. The Hall–Kier alpha value is -8.52. The topological polar surface area (TPSA) is 341 Å². The summed E-state index contributed by atoms with van der Waals surface area (Å²) in [4.78, 5) is 155. The second kappa shape index (κ2) is 28.2. The summed E-state index contributed by atoms with van der Waals surface area (Å²) in [5.74, 6) is -7.46. The first-order valence-corrected chi connectivity index (χ1v) is 28.9. The lowest BCUT2D eigenvalue weighted by atomic mass is 9.99. The minimum absolute atomic E-state index is 0.0769. The third-order valence-corrected chi connectivity index (χ3v) is 16.0. The molecule has 10 amide bonds. The predicted octanol–water partition coefficient (Wildman–Crippen LogP) is 0.127. The number of benzene rings is 2. The van der Waals surface area contributed by atoms with Crippen LogP contribution in [0.4, 0.5) is 0 Å². The number of pyridine rings is 2. The van der Waals surface area contributed by atoms with Crippen molar-refractivity contribution in [1.82, 2.24) is 61.5 Å². The highest BCUT2D eigenvalue weighted by Gasteiger charge is 2.41. The fraction of sp³-hybridized carbons (Fsp3) is 0.517. The van der Waals surface area contributed by atoms with Crippen LogP contribution in [0.2, 0.25) is 0 Å². The first kappa shape index (κ1) is 60.1. The van der Waals surface area contributed by atoms with Crippen molar-refractivity contribution < 1.29 is 67.6 Å². The third kappa shape index (κ3) is 14.4. The van der Waals surface area contributed by atoms with Gasteiger partial charge in [-0.15, -0.1) is 0 Å². The number of nitrogens with one attached hydrogen (secondary N) is 6. The number of amides is 10. The molecule has 6 atom stereocenters. The molecule has 0 bridgehead atoms. The Balaban J connectivity index is 0.935. The van der Waals surface area contributed by atoms with Gasteiger partial charge in [-0.1, -0.05) is 36.4 Å². The van der Waals surface area contributed by atoms with Crippen molar-refractivity contribution in [3.63, 3.8) is 0 Å². The summed E-state index contributed by atoms with van der Waals surface area (Å²) < 4.78 is 11.5. The number of hydrogen-bond donors (Lipinski definition) is 8. The summed E-state index contributed by atoms with van der Waals surface area (Å²) in [5.41, 5.74) is 0.0495. The maximum atomic E-state index is 14.7. The molecule has 5 saturated heterocycles. The average molecular weight is 1160 g/mol. The fourth-order valence-electron chi connectivity index (χ4n) is 11.6. The number of carbonyl (C=O) groups excluding carboxylic acids is 10. The number of para-hydroxylation sites is 2. The van der Waals surface area contributed by atoms with Gasteiger partial charge in [0.1, 0.15) is 61.0 Å². The van der Waals surface area contributed by atoms with Gasteiger partial charge >= 0.3 is 0 Å². The Morgan fingerprint density at radius 1 is 0.476 bits per heavy atom. The molecule has 7 heterocycles. The lowest BCUT2D eigenvalue weighted by Crippen LogP contribution is -2.61. The van der Waals surface area contributed by atoms with E-state index in [0.29, 0.717) is 73.2 Å². The number of hydrogen-bond acceptors (Lipinski definition) is 16. The molecule has 9 rings (SSSR count). The molecule has 0 spiro atoms. The lowest BCUT2D eigenvalue weighted by Gasteiger charge is -2.38. The highest BCUT2D eigenvalue weighted by molar-refractivity contribution is 6.03. The Morgan fingerprint density at radius 2 is 0.821 bits per heavy atom. The predicted molar refractivity (Wildman–Crippen MR) is 300 cm³/mol. The van der Waals surface area contributed by atoms with E-state index < -0.39 is 133 Å². The first-order chi connectivity index (χ1) is 40.7. The standard InChI is InChI=1S/C58H72N12O14/c71-45-29-35-13-1-3-15-37(35)63-49(45)55(79)65-39-31-61-53(77)41-17-5-9-23-67(41)47(73)33-84-28-22-60-52(76)44-20-8-12-26-70(44)58(82)40(66-56(80)50-46(72)30-36-14-2-4-16-38(36)64-50)32-62-54(78)42-18-6-10-24-68(42)48(74)34-83-27-21-59-51(75)43-19-7-11-25-69(43)57(39)81/h1-4,13-16,29-30,39-44,71-72H,5-12,17-28,31-34H2,(H,59,75)(H,60,76)(H,61,77)(H,62,78)(H,65,79)(H,66,80)/t39-,40-,41+,42+,43+,44+/m1/s1. The molecule has 0 aliphatic carbocycles. The average Bonchev–Trinajstić information content (AvgIpc) is 3.19. The SMILES string of the molecule is O=C(N[C@@H]1CNC(=O)[C@@H]2CCCCN2C(=O)COCCNC(=O)[C@@H]2CCCCN2C(=O)[C@H](NC(=O)c2nc3ccccc3cc2O)CNC(=O)[C@@H]2CCCCN2C(=O)COCCNC(=O)[C@@H]2CCCCN2C1=O)c1nc2ccccc2cc1O. The Kier molecular flexibility index (Phi) is 20.1. The quantitative estimate of drug-likeness (QED) is 0.135. The van der Waals surface area contributed by atoms with Gasteiger partial charge in [-0.2, -0.15) is 0 Å². The molecule has 8 N–H and O–H groups in total. The van der Waals surface area contributed by atoms with Crippen LogP contribution in [0.15, 0.2) is 60.7 Å². The first-order valence-electron chi connectivity index (χ1n) is 28.9. The van der Waals surface area contributed by atoms with Gasteiger partial charge in [0, 0.05) is 63.1 Å². The number of carbonyl (C=O) groups is 10. The van der Waals surface area contributed by atoms with Crippen LogP contribution in [0, 0.1) is 0 Å². The molecule has 0 unspecified atom stereocenters. The number of rotatable bonds is 4. The van der Waals surface area contributed by atoms with Gasteiger partial charge in [0.25, 0.3) is 11.8 Å². The summed E-state index contributed by atoms with van der Waals surface area (Å²) in [6, 6.07) is 9.40. The van der Waals surface area contributed by atoms with Crippen molar-refractivity contribution in [3.8, 4) is 11.5 Å². The molecule has 5 aliphatic rings. The zero-order chi connectivity index (χ0) is 59.3. The van der Waals surface area contributed by atoms with Gasteiger partial charge in [0.2, 0.25) is 47.3 Å². The van der Waals surface area contributed by atoms with Gasteiger partial charge < -0.3 is 71.2 Å². The smallest absolute Gasteiger partial charge is 0.274 e. The van der Waals surface area contributed by atoms with E-state index in [1.165, 1.54) is 31.7 Å². The van der Waals surface area contributed by atoms with Crippen LogP contribution in [0.5, 0.6) is 11.5 Å². The number of piperidine rings is 4. The van der Waals surface area contributed by atoms with Crippen LogP contribution < -0.4 is 31.9 Å². The largest absolute Gasteiger partial charge is 0.505 e. The van der Waals surface area contributed by atoms with Gasteiger partial charge in [-0.3, -0.25) is 47.9 Å². The number of ether oxygens (including phenoxy) is 2. The van der Waals surface area contributed by atoms with Crippen molar-refractivity contribution >= 4 is 80.9 Å². The van der Waals surface area contributed by atoms with Crippen LogP contribution in [-0.2, 0) is 47.8 Å². The summed E-state index contributed by atoms with van der Waals surface area (Å²) in [6.07, 6.45) is 5.64. The maximum Gasteiger partial charge on any atom is 0.274 e. The third-order valence-electron chi connectivity index (χ3n) is 16.0. The molecule has 2 aromatic heterocycles. The number of fused-ring (bicyclic) bond motifs is 6. The van der Waals surface area contributed by atoms with Crippen LogP contribution >= 0.6 is 0 Å². The van der Waals surface area contributed by atoms with E-state index in [2.05, 4.69) is 41.9 Å². The van der Waals surface area contributed by atoms with E-state index in [9.17, 15) is 58.2 Å². The Labute approximate surface area is 484 Å². The van der Waals surface area contributed by atoms with Crippen molar-refractivity contribution in [2.45, 2.75) is 113 Å². The second-order valence-corrected chi connectivity index (χ2v) is 21.6. The van der Waals surface area contributed by atoms with E-state index in [0.717, 1.165) is 0 Å². The molecule has 5 aliphatic heterocycles. The van der Waals surface area contributed by atoms with E-state index in [1.807, 2.05) is 0 Å². The van der Waals surface area contributed by atoms with E-state index >= 15 is 0 Å². The molecule has 0 saturated carbocycles. The lowest BCUT2D eigenvalue weighted by molar-refractivity contribution is -0.147. The van der Waals surface area contributed by atoms with Crippen molar-refractivity contribution in [2.75, 3.05) is 78.8 Å². The van der Waals surface area contributed by atoms with Gasteiger partial charge in [0.05, 0.1) is 24.2 Å². The summed E-state index contributed by atoms with van der Waals surface area (Å²) in [7, 11) is 0. The van der Waals surface area contributed by atoms with Crippen LogP contribution in [0.1, 0.15) is 98.0 Å². The molecule has 448 valence electrons. The molecule has 26 nitrogen and oxygen atoms in total. The second-order valence-electron chi connectivity index (χ2n) is 21.6. The monoisotopic (exact) mass is 1160 g/mol. The Morgan fingerprint density at radius 3 is 1.21 bits per heavy atom. The number of aromatic hydroxyl groups is 2. The molecule has 2 aromatic carbocycles. The van der Waals surface area contributed by atoms with Crippen LogP contribution in [0.25, 0.3) is 21.8 Å². The molecule has 0 radical (unpaired) electrons. The van der Waals surface area contributed by atoms with Gasteiger partial charge in [0.15, 0.2) is 11.4 Å². The van der Waals surface area contributed by atoms with E-state index in [4.69, 9.17) is 9.47 Å². The fourth-order valence-corrected chi connectivity index (χ4v) is 11.6. The normalized spacial score (nSPS) is 24.8. The van der Waals surface area contributed by atoms with Crippen LogP contribution in [-0.4, -0.2) is 214 Å². The molecule has 26 heteroatoms. The Bertz CT molecular complexity index is 2940. The number of aromatic nitrogens is 2. The zero-order valence-electron chi connectivity index (χ0n) is 46.7. The molecular formula is C58H72N12O14. The van der Waals surface area contributed by atoms with Crippen molar-refractivity contribution in [3.05, 3.63) is 72.1 Å². The van der Waals surface area contributed by atoms with Gasteiger partial charge in [-0.05, 0) is 101 Å². The zero-order valence-corrected chi connectivity index (χ0v) is 46.7. The summed E-state index contributed by atoms with van der Waals surface area (Å²) in [6.45, 7) is -1.60. The summed E-state index contributed by atoms with van der Waals surface area (Å²) in [5, 5.41) is 39.3. The van der Waals surface area contributed by atoms with E-state index in [-0.39, 0.29) is 89.6 Å². The highest BCUT2D eigenvalue weighted by Crippen LogP contribution is 2.26. The minimum Gasteiger partial charge on any atom is -0.505 e.